The zero-order valence-electron chi connectivity index (χ0n) is 15.4. The average Bonchev–Trinajstić information content (AvgIpc) is 3.07. The second-order valence-corrected chi connectivity index (χ2v) is 6.59. The maximum absolute atomic E-state index is 4.29. The lowest BCUT2D eigenvalue weighted by Crippen LogP contribution is -2.03. The number of pyridine rings is 2. The second-order valence-electron chi connectivity index (χ2n) is 6.08. The van der Waals surface area contributed by atoms with Gasteiger partial charge >= 0.3 is 0 Å². The van der Waals surface area contributed by atoms with E-state index in [0.717, 1.165) is 34.0 Å². The largest absolute Gasteiger partial charge is 0.361 e. The third-order valence-electron chi connectivity index (χ3n) is 4.07. The monoisotopic (exact) mass is 377 g/mol. The molecule has 0 saturated carbocycles. The van der Waals surface area contributed by atoms with Crippen molar-refractivity contribution in [2.24, 2.45) is 0 Å². The van der Waals surface area contributed by atoms with Crippen LogP contribution in [-0.4, -0.2) is 22.0 Å². The summed E-state index contributed by atoms with van der Waals surface area (Å²) in [5.41, 5.74) is 5.52. The van der Waals surface area contributed by atoms with Crippen LogP contribution in [0.4, 0.5) is 11.4 Å². The Kier molecular flexibility index (Phi) is 6.46. The van der Waals surface area contributed by atoms with E-state index in [1.54, 1.807) is 18.6 Å². The topological polar surface area (TPSA) is 65.6 Å². The van der Waals surface area contributed by atoms with E-state index in [9.17, 15) is 0 Å². The molecule has 0 amide bonds. The number of anilines is 2. The number of H-pyrrole nitrogens is 1. The number of aromatic amines is 1. The van der Waals surface area contributed by atoms with Crippen LogP contribution < -0.4 is 10.6 Å². The van der Waals surface area contributed by atoms with E-state index in [1.807, 2.05) is 38.2 Å². The summed E-state index contributed by atoms with van der Waals surface area (Å²) in [6.45, 7) is 2.87. The van der Waals surface area contributed by atoms with Gasteiger partial charge in [-0.05, 0) is 55.9 Å². The molecule has 0 unspecified atom stereocenters. The highest BCUT2D eigenvalue weighted by Crippen LogP contribution is 2.25. The van der Waals surface area contributed by atoms with Gasteiger partial charge in [0.1, 0.15) is 0 Å². The first-order valence-electron chi connectivity index (χ1n) is 8.69. The van der Waals surface area contributed by atoms with Crippen LogP contribution in [-0.2, 0) is 6.54 Å². The van der Waals surface area contributed by atoms with E-state index in [0.29, 0.717) is 0 Å². The summed E-state index contributed by atoms with van der Waals surface area (Å²) >= 11 is 4.02. The number of rotatable bonds is 4. The van der Waals surface area contributed by atoms with Crippen LogP contribution in [0.1, 0.15) is 11.3 Å². The van der Waals surface area contributed by atoms with Gasteiger partial charge in [-0.3, -0.25) is 9.97 Å². The fraction of sp³-hybridized carbons (Fsp3) is 0.143. The molecule has 4 aromatic rings. The van der Waals surface area contributed by atoms with Crippen molar-refractivity contribution in [1.29, 1.82) is 0 Å². The number of aryl methyl sites for hydroxylation is 1. The van der Waals surface area contributed by atoms with Crippen molar-refractivity contribution in [2.75, 3.05) is 12.4 Å². The molecular weight excluding hydrogens is 354 g/mol. The van der Waals surface area contributed by atoms with Crippen molar-refractivity contribution in [3.8, 4) is 0 Å². The molecule has 0 radical (unpaired) electrons. The van der Waals surface area contributed by atoms with Crippen molar-refractivity contribution < 1.29 is 0 Å². The number of nitrogens with one attached hydrogen (secondary N) is 3. The predicted molar refractivity (Wildman–Crippen MR) is 115 cm³/mol. The molecule has 6 heteroatoms. The van der Waals surface area contributed by atoms with Crippen LogP contribution in [0.2, 0.25) is 0 Å². The van der Waals surface area contributed by atoms with Gasteiger partial charge in [0.25, 0.3) is 0 Å². The highest BCUT2D eigenvalue weighted by atomic mass is 32.1. The van der Waals surface area contributed by atoms with E-state index in [4.69, 9.17) is 0 Å². The number of hydrogen-bond donors (Lipinski definition) is 4. The summed E-state index contributed by atoms with van der Waals surface area (Å²) in [6, 6.07) is 14.1. The number of nitrogens with zero attached hydrogens (tertiary/aromatic N) is 2. The molecule has 138 valence electrons. The summed E-state index contributed by atoms with van der Waals surface area (Å²) in [5, 5.41) is 7.84. The van der Waals surface area contributed by atoms with Crippen molar-refractivity contribution in [3.63, 3.8) is 0 Å². The van der Waals surface area contributed by atoms with Gasteiger partial charge in [-0.2, -0.15) is 0 Å². The van der Waals surface area contributed by atoms with E-state index >= 15 is 0 Å². The van der Waals surface area contributed by atoms with Gasteiger partial charge in [-0.25, -0.2) is 0 Å². The Balaban J connectivity index is 0.000000253. The summed E-state index contributed by atoms with van der Waals surface area (Å²) < 4.78 is 0. The van der Waals surface area contributed by atoms with Crippen molar-refractivity contribution in [2.45, 2.75) is 18.4 Å². The Labute approximate surface area is 164 Å². The quantitative estimate of drug-likeness (QED) is 0.389. The van der Waals surface area contributed by atoms with Gasteiger partial charge in [-0.15, -0.1) is 12.6 Å². The number of thiol groups is 1. The Morgan fingerprint density at radius 1 is 1.11 bits per heavy atom. The van der Waals surface area contributed by atoms with E-state index < -0.39 is 0 Å². The second kappa shape index (κ2) is 9.21. The molecule has 5 nitrogen and oxygen atoms in total. The van der Waals surface area contributed by atoms with Crippen molar-refractivity contribution in [3.05, 3.63) is 78.5 Å². The minimum absolute atomic E-state index is 0.870. The lowest BCUT2D eigenvalue weighted by atomic mass is 10.1. The predicted octanol–water partition coefficient (Wildman–Crippen LogP) is 4.70. The number of hydrogen-bond acceptors (Lipinski definition) is 5. The third kappa shape index (κ3) is 5.09. The summed E-state index contributed by atoms with van der Waals surface area (Å²) in [5.74, 6) is 0. The first-order valence-corrected chi connectivity index (χ1v) is 9.14. The van der Waals surface area contributed by atoms with Gasteiger partial charge in [0.2, 0.25) is 0 Å². The molecule has 0 fully saturated rings. The fourth-order valence-electron chi connectivity index (χ4n) is 2.73. The van der Waals surface area contributed by atoms with E-state index in [1.165, 1.54) is 10.9 Å². The highest BCUT2D eigenvalue weighted by Gasteiger charge is 2.05. The molecule has 0 aliphatic heterocycles. The number of fused-ring (bicyclic) bond motifs is 1. The lowest BCUT2D eigenvalue weighted by Gasteiger charge is -2.08. The van der Waals surface area contributed by atoms with Crippen LogP contribution in [0.3, 0.4) is 0 Å². The minimum atomic E-state index is 0.870. The summed E-state index contributed by atoms with van der Waals surface area (Å²) in [4.78, 5) is 12.3. The maximum Gasteiger partial charge on any atom is 0.0607 e. The van der Waals surface area contributed by atoms with Crippen molar-refractivity contribution >= 4 is 34.9 Å². The van der Waals surface area contributed by atoms with E-state index in [-0.39, 0.29) is 0 Å². The van der Waals surface area contributed by atoms with Gasteiger partial charge < -0.3 is 15.6 Å². The molecule has 0 bridgehead atoms. The Bertz CT molecular complexity index is 998. The minimum Gasteiger partial charge on any atom is -0.361 e. The Hall–Kier alpha value is -2.83. The van der Waals surface area contributed by atoms with Gasteiger partial charge in [-0.1, -0.05) is 6.07 Å². The molecular formula is C21H23N5S. The van der Waals surface area contributed by atoms with Crippen LogP contribution in [0.5, 0.6) is 0 Å². The third-order valence-corrected chi connectivity index (χ3v) is 4.33. The first kappa shape index (κ1) is 18.9. The maximum atomic E-state index is 4.29. The Morgan fingerprint density at radius 3 is 2.63 bits per heavy atom. The lowest BCUT2D eigenvalue weighted by molar-refractivity contribution is 0.823. The molecule has 0 saturated heterocycles. The zero-order chi connectivity index (χ0) is 19.1. The van der Waals surface area contributed by atoms with Crippen molar-refractivity contribution in [1.82, 2.24) is 20.3 Å². The fourth-order valence-corrected chi connectivity index (χ4v) is 2.88. The highest BCUT2D eigenvalue weighted by molar-refractivity contribution is 7.80. The molecule has 3 N–H and O–H groups in total. The molecule has 0 aliphatic carbocycles. The molecule has 0 spiro atoms. The molecule has 0 atom stereocenters. The molecule has 27 heavy (non-hydrogen) atoms. The van der Waals surface area contributed by atoms with Gasteiger partial charge in [0.05, 0.1) is 11.4 Å². The zero-order valence-corrected chi connectivity index (χ0v) is 16.3. The van der Waals surface area contributed by atoms with Crippen LogP contribution in [0.25, 0.3) is 10.9 Å². The Morgan fingerprint density at radius 2 is 1.96 bits per heavy atom. The molecule has 4 rings (SSSR count). The van der Waals surface area contributed by atoms with Crippen LogP contribution >= 0.6 is 12.6 Å². The molecule has 3 aromatic heterocycles. The molecule has 0 aliphatic rings. The van der Waals surface area contributed by atoms with Crippen LogP contribution in [0, 0.1) is 6.92 Å². The number of benzene rings is 1. The number of aromatic nitrogens is 3. The SMILES string of the molecule is CNCc1c[nH]c2cc(Nc3cccnc3C)ccc12.Sc1cccnc1. The molecule has 1 aromatic carbocycles. The first-order chi connectivity index (χ1) is 13.2. The molecule has 3 heterocycles. The van der Waals surface area contributed by atoms with Crippen LogP contribution in [0.15, 0.2) is 72.1 Å². The van der Waals surface area contributed by atoms with Gasteiger partial charge in [0, 0.05) is 52.8 Å². The normalized spacial score (nSPS) is 10.3. The smallest absolute Gasteiger partial charge is 0.0607 e. The summed E-state index contributed by atoms with van der Waals surface area (Å²) in [7, 11) is 1.96. The standard InChI is InChI=1S/C16H18N4.C5H5NS/c1-11-15(4-3-7-18-11)20-13-5-6-14-12(9-17-2)10-19-16(14)8-13;7-5-2-1-3-6-4-5/h3-8,10,17,19-20H,9H2,1-2H3;1-4,7H. The average molecular weight is 378 g/mol. The van der Waals surface area contributed by atoms with Gasteiger partial charge in [0.15, 0.2) is 0 Å². The summed E-state index contributed by atoms with van der Waals surface area (Å²) in [6.07, 6.45) is 7.28. The van der Waals surface area contributed by atoms with E-state index in [2.05, 4.69) is 62.6 Å².